The van der Waals surface area contributed by atoms with E-state index in [1.54, 1.807) is 12.1 Å². The molecule has 0 aliphatic rings. The zero-order valence-corrected chi connectivity index (χ0v) is 8.84. The number of nitrogens with one attached hydrogen (secondary N) is 1. The number of likely N-dealkylation sites (N-methyl/N-ethyl adjacent to an activating group) is 1. The van der Waals surface area contributed by atoms with Gasteiger partial charge in [-0.1, -0.05) is 11.6 Å². The van der Waals surface area contributed by atoms with E-state index in [0.29, 0.717) is 16.3 Å². The second-order valence-corrected chi connectivity index (χ2v) is 3.12. The van der Waals surface area contributed by atoms with E-state index in [2.05, 4.69) is 5.32 Å². The lowest BCUT2D eigenvalue weighted by atomic mass is 10.2. The number of halogens is 1. The minimum absolute atomic E-state index is 0.0707. The Morgan fingerprint density at radius 3 is 2.93 bits per heavy atom. The van der Waals surface area contributed by atoms with E-state index in [1.807, 2.05) is 6.07 Å². The number of carbonyl (C=O) groups excluding carboxylic acids is 1. The molecule has 5 heteroatoms. The smallest absolute Gasteiger partial charge is 0.257 e. The molecule has 1 aromatic rings. The first-order valence-electron chi connectivity index (χ1n) is 4.20. The van der Waals surface area contributed by atoms with Crippen LogP contribution in [0.5, 0.6) is 5.75 Å². The van der Waals surface area contributed by atoms with Crippen molar-refractivity contribution in [2.45, 2.75) is 0 Å². The number of benzene rings is 1. The molecule has 1 amide bonds. The van der Waals surface area contributed by atoms with Crippen LogP contribution in [0.3, 0.4) is 0 Å². The van der Waals surface area contributed by atoms with Crippen molar-refractivity contribution < 1.29 is 9.53 Å². The fourth-order valence-corrected chi connectivity index (χ4v) is 1.11. The molecule has 78 valence electrons. The number of ether oxygens (including phenoxy) is 1. The van der Waals surface area contributed by atoms with Gasteiger partial charge in [0, 0.05) is 13.1 Å². The van der Waals surface area contributed by atoms with E-state index >= 15 is 0 Å². The molecule has 0 aromatic heterocycles. The van der Waals surface area contributed by atoms with E-state index in [-0.39, 0.29) is 12.5 Å². The molecule has 0 heterocycles. The quantitative estimate of drug-likeness (QED) is 0.843. The molecule has 4 nitrogen and oxygen atoms in total. The Hall–Kier alpha value is -1.73. The summed E-state index contributed by atoms with van der Waals surface area (Å²) in [5, 5.41) is 11.4. The Kier molecular flexibility index (Phi) is 3.95. The maximum absolute atomic E-state index is 10.9. The first-order valence-corrected chi connectivity index (χ1v) is 4.58. The van der Waals surface area contributed by atoms with E-state index in [0.717, 1.165) is 0 Å². The summed E-state index contributed by atoms with van der Waals surface area (Å²) in [5.41, 5.74) is 0.379. The predicted molar refractivity (Wildman–Crippen MR) is 55.7 cm³/mol. The average Bonchev–Trinajstić information content (AvgIpc) is 2.26. The molecular weight excluding hydrogens is 216 g/mol. The van der Waals surface area contributed by atoms with Crippen molar-refractivity contribution in [2.75, 3.05) is 13.7 Å². The van der Waals surface area contributed by atoms with Crippen LogP contribution in [0, 0.1) is 11.3 Å². The fourth-order valence-electron chi connectivity index (χ4n) is 0.897. The van der Waals surface area contributed by atoms with Gasteiger partial charge in [-0.2, -0.15) is 5.26 Å². The largest absolute Gasteiger partial charge is 0.484 e. The van der Waals surface area contributed by atoms with Crippen molar-refractivity contribution in [3.05, 3.63) is 28.8 Å². The van der Waals surface area contributed by atoms with Crippen molar-refractivity contribution >= 4 is 17.5 Å². The number of rotatable bonds is 3. The Labute approximate surface area is 92.4 Å². The summed E-state index contributed by atoms with van der Waals surface area (Å²) in [5.74, 6) is 0.234. The van der Waals surface area contributed by atoms with Crippen LogP contribution >= 0.6 is 11.6 Å². The molecule has 0 unspecified atom stereocenters. The Bertz CT molecular complexity index is 412. The van der Waals surface area contributed by atoms with Gasteiger partial charge in [0.2, 0.25) is 0 Å². The van der Waals surface area contributed by atoms with Crippen LogP contribution in [0.1, 0.15) is 5.56 Å². The number of nitrogens with zero attached hydrogens (tertiary/aromatic N) is 1. The predicted octanol–water partition coefficient (Wildman–Crippen LogP) is 1.34. The van der Waals surface area contributed by atoms with Crippen LogP contribution in [-0.2, 0) is 4.79 Å². The average molecular weight is 225 g/mol. The molecule has 0 bridgehead atoms. The second-order valence-electron chi connectivity index (χ2n) is 2.72. The molecule has 0 radical (unpaired) electrons. The first kappa shape index (κ1) is 11.3. The molecular formula is C10H9ClN2O2. The number of hydrogen-bond acceptors (Lipinski definition) is 3. The molecule has 1 aromatic carbocycles. The van der Waals surface area contributed by atoms with Crippen molar-refractivity contribution in [3.63, 3.8) is 0 Å². The third-order valence-electron chi connectivity index (χ3n) is 1.71. The van der Waals surface area contributed by atoms with Crippen LogP contribution in [-0.4, -0.2) is 19.6 Å². The van der Waals surface area contributed by atoms with Crippen molar-refractivity contribution in [1.29, 1.82) is 5.26 Å². The van der Waals surface area contributed by atoms with E-state index in [1.165, 1.54) is 13.1 Å². The molecule has 0 atom stereocenters. The van der Waals surface area contributed by atoms with Gasteiger partial charge in [0.15, 0.2) is 6.61 Å². The molecule has 1 rings (SSSR count). The normalized spacial score (nSPS) is 9.13. The van der Waals surface area contributed by atoms with Gasteiger partial charge in [0.25, 0.3) is 5.91 Å². The molecule has 0 aliphatic heterocycles. The topological polar surface area (TPSA) is 62.1 Å². The monoisotopic (exact) mass is 224 g/mol. The van der Waals surface area contributed by atoms with Gasteiger partial charge in [0.05, 0.1) is 10.6 Å². The highest BCUT2D eigenvalue weighted by Crippen LogP contribution is 2.21. The molecule has 0 saturated heterocycles. The molecule has 0 spiro atoms. The van der Waals surface area contributed by atoms with Gasteiger partial charge in [0.1, 0.15) is 11.8 Å². The minimum Gasteiger partial charge on any atom is -0.484 e. The number of carbonyl (C=O) groups is 1. The van der Waals surface area contributed by atoms with Crippen molar-refractivity contribution in [3.8, 4) is 11.8 Å². The maximum atomic E-state index is 10.9. The molecule has 15 heavy (non-hydrogen) atoms. The molecule has 1 N–H and O–H groups in total. The highest BCUT2D eigenvalue weighted by Gasteiger charge is 2.03. The van der Waals surface area contributed by atoms with E-state index in [9.17, 15) is 4.79 Å². The van der Waals surface area contributed by atoms with Crippen molar-refractivity contribution in [2.24, 2.45) is 0 Å². The third kappa shape index (κ3) is 3.15. The van der Waals surface area contributed by atoms with Crippen molar-refractivity contribution in [1.82, 2.24) is 5.32 Å². The first-order chi connectivity index (χ1) is 7.17. The number of hydrogen-bond donors (Lipinski definition) is 1. The Morgan fingerprint density at radius 2 is 2.40 bits per heavy atom. The summed E-state index contributed by atoms with van der Waals surface area (Å²) in [7, 11) is 1.53. The second kappa shape index (κ2) is 5.23. The lowest BCUT2D eigenvalue weighted by Gasteiger charge is -2.05. The van der Waals surface area contributed by atoms with E-state index in [4.69, 9.17) is 21.6 Å². The lowest BCUT2D eigenvalue weighted by Crippen LogP contribution is -2.24. The minimum atomic E-state index is -0.226. The summed E-state index contributed by atoms with van der Waals surface area (Å²) in [4.78, 5) is 10.9. The highest BCUT2D eigenvalue weighted by atomic mass is 35.5. The summed E-state index contributed by atoms with van der Waals surface area (Å²) < 4.78 is 5.13. The summed E-state index contributed by atoms with van der Waals surface area (Å²) >= 11 is 5.78. The van der Waals surface area contributed by atoms with Gasteiger partial charge >= 0.3 is 0 Å². The highest BCUT2D eigenvalue weighted by molar-refractivity contribution is 6.31. The van der Waals surface area contributed by atoms with Gasteiger partial charge in [-0.25, -0.2) is 0 Å². The Morgan fingerprint density at radius 1 is 1.67 bits per heavy atom. The third-order valence-corrected chi connectivity index (χ3v) is 2.02. The van der Waals surface area contributed by atoms with Crippen LogP contribution in [0.15, 0.2) is 18.2 Å². The van der Waals surface area contributed by atoms with Crippen LogP contribution in [0.25, 0.3) is 0 Å². The zero-order valence-electron chi connectivity index (χ0n) is 8.08. The Balaban J connectivity index is 2.68. The summed E-state index contributed by atoms with van der Waals surface area (Å²) in [6, 6.07) is 6.57. The lowest BCUT2D eigenvalue weighted by molar-refractivity contribution is -0.122. The van der Waals surface area contributed by atoms with Crippen LogP contribution < -0.4 is 10.1 Å². The maximum Gasteiger partial charge on any atom is 0.257 e. The fraction of sp³-hybridized carbons (Fsp3) is 0.200. The molecule has 0 aliphatic carbocycles. The van der Waals surface area contributed by atoms with Gasteiger partial charge in [-0.15, -0.1) is 0 Å². The van der Waals surface area contributed by atoms with Gasteiger partial charge in [-0.05, 0) is 12.1 Å². The van der Waals surface area contributed by atoms with E-state index < -0.39 is 0 Å². The van der Waals surface area contributed by atoms with Crippen LogP contribution in [0.4, 0.5) is 0 Å². The SMILES string of the molecule is CNC(=O)COc1ccc(C#N)c(Cl)c1. The summed E-state index contributed by atoms with van der Waals surface area (Å²) in [6.07, 6.45) is 0. The number of amides is 1. The molecule has 0 saturated carbocycles. The van der Waals surface area contributed by atoms with Gasteiger partial charge < -0.3 is 10.1 Å². The van der Waals surface area contributed by atoms with Crippen LogP contribution in [0.2, 0.25) is 5.02 Å². The summed E-state index contributed by atoms with van der Waals surface area (Å²) in [6.45, 7) is -0.0707. The van der Waals surface area contributed by atoms with Gasteiger partial charge in [-0.3, -0.25) is 4.79 Å². The standard InChI is InChI=1S/C10H9ClN2O2/c1-13-10(14)6-15-8-3-2-7(5-12)9(11)4-8/h2-4H,6H2,1H3,(H,13,14). The number of nitriles is 1. The zero-order chi connectivity index (χ0) is 11.3. The molecule has 0 fully saturated rings.